The molecule has 0 N–H and O–H groups in total. The molecule has 15 heavy (non-hydrogen) atoms. The van der Waals surface area contributed by atoms with Gasteiger partial charge >= 0.3 is 0 Å². The Labute approximate surface area is 91.9 Å². The number of likely N-dealkylation sites (N-methyl/N-ethyl adjacent to an activating group) is 1. The maximum atomic E-state index is 11.3. The van der Waals surface area contributed by atoms with E-state index in [1.165, 1.54) is 0 Å². The maximum absolute atomic E-state index is 11.3. The monoisotopic (exact) mass is 204 g/mol. The minimum absolute atomic E-state index is 0.587. The highest BCUT2D eigenvalue weighted by molar-refractivity contribution is 5.68. The van der Waals surface area contributed by atoms with Crippen molar-refractivity contribution in [2.24, 2.45) is 0 Å². The van der Waals surface area contributed by atoms with E-state index in [1.54, 1.807) is 0 Å². The predicted molar refractivity (Wildman–Crippen MR) is 62.4 cm³/mol. The van der Waals surface area contributed by atoms with Gasteiger partial charge in [-0.15, -0.1) is 0 Å². The molecule has 1 atom stereocenters. The molecule has 0 fully saturated rings. The van der Waals surface area contributed by atoms with Crippen LogP contribution in [0.15, 0.2) is 30.3 Å². The zero-order valence-electron chi connectivity index (χ0n) is 9.66. The predicted octanol–water partition coefficient (Wildman–Crippen LogP) is 2.35. The standard InChI is InChI=1S/C13H18NO/c1-4-10-13(11-15,14(2)3)12-8-6-5-7-9-12/h5-9H,4,10H2,1-3H3/t13-/m1/s1. The van der Waals surface area contributed by atoms with Crippen molar-refractivity contribution in [2.45, 2.75) is 25.3 Å². The Bertz CT molecular complexity index is 308. The molecule has 2 heteroatoms. The molecule has 0 aliphatic rings. The van der Waals surface area contributed by atoms with Gasteiger partial charge in [0.05, 0.1) is 0 Å². The number of carbonyl (C=O) groups excluding carboxylic acids is 1. The quantitative estimate of drug-likeness (QED) is 0.733. The average Bonchev–Trinajstić information content (AvgIpc) is 2.26. The third-order valence-electron chi connectivity index (χ3n) is 2.80. The van der Waals surface area contributed by atoms with E-state index in [0.29, 0.717) is 0 Å². The third kappa shape index (κ3) is 2.26. The van der Waals surface area contributed by atoms with Gasteiger partial charge in [-0.1, -0.05) is 43.7 Å². The number of nitrogens with zero attached hydrogens (tertiary/aromatic N) is 1. The highest BCUT2D eigenvalue weighted by atomic mass is 16.1. The summed E-state index contributed by atoms with van der Waals surface area (Å²) in [5.41, 5.74) is 0.433. The third-order valence-corrected chi connectivity index (χ3v) is 2.80. The minimum Gasteiger partial charge on any atom is -0.293 e. The molecule has 0 heterocycles. The van der Waals surface area contributed by atoms with E-state index in [1.807, 2.05) is 49.3 Å². The molecular formula is C13H18NO. The first-order valence-corrected chi connectivity index (χ1v) is 5.29. The molecule has 0 spiro atoms. The summed E-state index contributed by atoms with van der Waals surface area (Å²) in [7, 11) is 3.85. The van der Waals surface area contributed by atoms with Crippen molar-refractivity contribution in [1.82, 2.24) is 4.90 Å². The van der Waals surface area contributed by atoms with Gasteiger partial charge in [0.1, 0.15) is 5.54 Å². The Balaban J connectivity index is 3.15. The number of hydrogen-bond acceptors (Lipinski definition) is 2. The first kappa shape index (κ1) is 11.9. The van der Waals surface area contributed by atoms with Gasteiger partial charge in [-0.2, -0.15) is 0 Å². The molecule has 0 saturated heterocycles. The first-order valence-electron chi connectivity index (χ1n) is 5.29. The molecule has 0 saturated carbocycles. The minimum atomic E-state index is -0.587. The molecule has 1 rings (SSSR count). The lowest BCUT2D eigenvalue weighted by Gasteiger charge is -2.34. The molecule has 0 aliphatic carbocycles. The van der Waals surface area contributed by atoms with Crippen molar-refractivity contribution in [3.05, 3.63) is 35.9 Å². The van der Waals surface area contributed by atoms with Crippen LogP contribution in [0.2, 0.25) is 0 Å². The molecule has 1 radical (unpaired) electrons. The highest BCUT2D eigenvalue weighted by Crippen LogP contribution is 2.29. The zero-order chi connectivity index (χ0) is 11.3. The summed E-state index contributed by atoms with van der Waals surface area (Å²) in [6.07, 6.45) is 3.97. The van der Waals surface area contributed by atoms with E-state index in [2.05, 4.69) is 13.2 Å². The van der Waals surface area contributed by atoms with E-state index in [-0.39, 0.29) is 0 Å². The SMILES string of the molecule is CCC[C@@]([C]=O)(c1ccccc1)N(C)C. The first-order chi connectivity index (χ1) is 7.17. The second-order valence-corrected chi connectivity index (χ2v) is 3.97. The molecule has 2 nitrogen and oxygen atoms in total. The lowest BCUT2D eigenvalue weighted by Crippen LogP contribution is -2.42. The summed E-state index contributed by atoms with van der Waals surface area (Å²) >= 11 is 0. The van der Waals surface area contributed by atoms with Crippen LogP contribution < -0.4 is 0 Å². The Hall–Kier alpha value is -1.15. The van der Waals surface area contributed by atoms with Crippen LogP contribution in [0.4, 0.5) is 0 Å². The van der Waals surface area contributed by atoms with E-state index < -0.39 is 5.54 Å². The Morgan fingerprint density at radius 2 is 1.87 bits per heavy atom. The van der Waals surface area contributed by atoms with Crippen LogP contribution in [0.25, 0.3) is 0 Å². The lowest BCUT2D eigenvalue weighted by molar-refractivity contribution is 0.208. The number of hydrogen-bond donors (Lipinski definition) is 0. The fraction of sp³-hybridized carbons (Fsp3) is 0.462. The van der Waals surface area contributed by atoms with Crippen molar-refractivity contribution >= 4 is 6.29 Å². The van der Waals surface area contributed by atoms with Gasteiger partial charge in [0.2, 0.25) is 6.29 Å². The Kier molecular flexibility index (Phi) is 4.04. The molecule has 81 valence electrons. The van der Waals surface area contributed by atoms with Crippen LogP contribution in [-0.4, -0.2) is 25.3 Å². The van der Waals surface area contributed by atoms with Gasteiger partial charge in [0, 0.05) is 0 Å². The molecule has 0 aliphatic heterocycles. The van der Waals surface area contributed by atoms with Crippen LogP contribution in [0.3, 0.4) is 0 Å². The topological polar surface area (TPSA) is 20.3 Å². The largest absolute Gasteiger partial charge is 0.293 e. The van der Waals surface area contributed by atoms with Gasteiger partial charge in [-0.3, -0.25) is 9.69 Å². The van der Waals surface area contributed by atoms with E-state index in [4.69, 9.17) is 0 Å². The summed E-state index contributed by atoms with van der Waals surface area (Å²) in [4.78, 5) is 13.2. The average molecular weight is 204 g/mol. The lowest BCUT2D eigenvalue weighted by atomic mass is 9.86. The summed E-state index contributed by atoms with van der Waals surface area (Å²) in [5, 5.41) is 0. The summed E-state index contributed by atoms with van der Waals surface area (Å²) in [5.74, 6) is 0. The summed E-state index contributed by atoms with van der Waals surface area (Å²) < 4.78 is 0. The number of benzene rings is 1. The van der Waals surface area contributed by atoms with Crippen LogP contribution in [-0.2, 0) is 10.3 Å². The molecule has 1 aromatic carbocycles. The number of rotatable bonds is 5. The van der Waals surface area contributed by atoms with E-state index >= 15 is 0 Å². The van der Waals surface area contributed by atoms with Gasteiger partial charge in [-0.25, -0.2) is 0 Å². The van der Waals surface area contributed by atoms with E-state index in [0.717, 1.165) is 18.4 Å². The Morgan fingerprint density at radius 3 is 2.27 bits per heavy atom. The van der Waals surface area contributed by atoms with Crippen LogP contribution in [0.5, 0.6) is 0 Å². The van der Waals surface area contributed by atoms with Crippen molar-refractivity contribution in [1.29, 1.82) is 0 Å². The Morgan fingerprint density at radius 1 is 1.27 bits per heavy atom. The second-order valence-electron chi connectivity index (χ2n) is 3.97. The van der Waals surface area contributed by atoms with Crippen molar-refractivity contribution in [2.75, 3.05) is 14.1 Å². The molecule has 0 unspecified atom stereocenters. The maximum Gasteiger partial charge on any atom is 0.225 e. The van der Waals surface area contributed by atoms with Crippen LogP contribution in [0, 0.1) is 0 Å². The summed E-state index contributed by atoms with van der Waals surface area (Å²) in [6.45, 7) is 2.08. The van der Waals surface area contributed by atoms with Crippen molar-refractivity contribution in [3.8, 4) is 0 Å². The van der Waals surface area contributed by atoms with Gasteiger partial charge in [0.15, 0.2) is 0 Å². The van der Waals surface area contributed by atoms with Gasteiger partial charge < -0.3 is 0 Å². The molecule has 0 bridgehead atoms. The van der Waals surface area contributed by atoms with Crippen molar-refractivity contribution < 1.29 is 4.79 Å². The van der Waals surface area contributed by atoms with Crippen LogP contribution >= 0.6 is 0 Å². The van der Waals surface area contributed by atoms with Gasteiger partial charge in [0.25, 0.3) is 0 Å². The van der Waals surface area contributed by atoms with Gasteiger partial charge in [-0.05, 0) is 26.1 Å². The highest BCUT2D eigenvalue weighted by Gasteiger charge is 2.34. The van der Waals surface area contributed by atoms with E-state index in [9.17, 15) is 4.79 Å². The normalized spacial score (nSPS) is 14.9. The summed E-state index contributed by atoms with van der Waals surface area (Å²) in [6, 6.07) is 9.85. The smallest absolute Gasteiger partial charge is 0.225 e. The molecule has 0 aromatic heterocycles. The molecular weight excluding hydrogens is 186 g/mol. The second kappa shape index (κ2) is 5.08. The molecule has 1 aromatic rings. The fourth-order valence-corrected chi connectivity index (χ4v) is 1.90. The van der Waals surface area contributed by atoms with Crippen molar-refractivity contribution in [3.63, 3.8) is 0 Å². The fourth-order valence-electron chi connectivity index (χ4n) is 1.90. The zero-order valence-corrected chi connectivity index (χ0v) is 9.66. The molecule has 0 amide bonds. The van der Waals surface area contributed by atoms with Crippen LogP contribution in [0.1, 0.15) is 25.3 Å².